The smallest absolute Gasteiger partial charge is 0.312 e. The fourth-order valence-electron chi connectivity index (χ4n) is 9.75. The highest BCUT2D eigenvalue weighted by Crippen LogP contribution is 2.74. The molecule has 5 rings (SSSR count). The fourth-order valence-corrected chi connectivity index (χ4v) is 9.75. The van der Waals surface area contributed by atoms with Crippen molar-refractivity contribution >= 4 is 17.5 Å². The summed E-state index contributed by atoms with van der Waals surface area (Å²) < 4.78 is 5.37. The van der Waals surface area contributed by atoms with Gasteiger partial charge >= 0.3 is 5.97 Å². The van der Waals surface area contributed by atoms with Crippen LogP contribution in [0.25, 0.3) is 0 Å². The summed E-state index contributed by atoms with van der Waals surface area (Å²) in [5, 5.41) is 21.2. The number of nitrogens with zero attached hydrogens (tertiary/aromatic N) is 1. The predicted octanol–water partition coefficient (Wildman–Crippen LogP) is 4.72. The number of Topliss-reactive ketones (excluding diaryl/α,β-unsaturated/α-hetero) is 1. The Balaban J connectivity index is 1.72. The molecule has 0 aromatic rings. The maximum absolute atomic E-state index is 14.3. The fraction of sp³-hybridized carbons (Fsp3) is 0.688. The van der Waals surface area contributed by atoms with E-state index in [1.165, 1.54) is 7.11 Å². The lowest BCUT2D eigenvalue weighted by Gasteiger charge is -2.68. The van der Waals surface area contributed by atoms with Crippen LogP contribution in [0.3, 0.4) is 0 Å². The van der Waals surface area contributed by atoms with Crippen LogP contribution < -0.4 is 0 Å². The molecule has 0 bridgehead atoms. The van der Waals surface area contributed by atoms with E-state index in [1.807, 2.05) is 13.0 Å². The van der Waals surface area contributed by atoms with Crippen LogP contribution in [0.1, 0.15) is 79.6 Å². The minimum Gasteiger partial charge on any atom is -0.469 e. The molecule has 5 aliphatic carbocycles. The highest BCUT2D eigenvalue weighted by Gasteiger charge is 2.71. The zero-order chi connectivity index (χ0) is 28.1. The summed E-state index contributed by atoms with van der Waals surface area (Å²) in [6, 6.07) is 1.95. The molecule has 3 saturated carbocycles. The molecule has 6 nitrogen and oxygen atoms in total. The van der Waals surface area contributed by atoms with Gasteiger partial charge in [0.25, 0.3) is 0 Å². The number of fused-ring (bicyclic) bond motifs is 7. The van der Waals surface area contributed by atoms with Crippen LogP contribution in [0.15, 0.2) is 23.3 Å². The van der Waals surface area contributed by atoms with Gasteiger partial charge in [0.2, 0.25) is 5.78 Å². The zero-order valence-electron chi connectivity index (χ0n) is 23.4. The number of allylic oxidation sites excluding steroid dienone is 3. The highest BCUT2D eigenvalue weighted by atomic mass is 16.5. The second-order valence-electron chi connectivity index (χ2n) is 14.1. The van der Waals surface area contributed by atoms with Gasteiger partial charge in [0.05, 0.1) is 18.1 Å². The van der Waals surface area contributed by atoms with E-state index < -0.39 is 39.0 Å². The molecule has 0 saturated heterocycles. The number of aliphatic hydroxyl groups is 1. The molecule has 5 aliphatic rings. The van der Waals surface area contributed by atoms with Gasteiger partial charge in [-0.2, -0.15) is 5.26 Å². The van der Waals surface area contributed by atoms with E-state index in [0.29, 0.717) is 25.7 Å². The number of nitriles is 1. The van der Waals surface area contributed by atoms with Crippen molar-refractivity contribution in [1.82, 2.24) is 0 Å². The van der Waals surface area contributed by atoms with E-state index in [4.69, 9.17) is 11.2 Å². The number of carbonyl (C=O) groups excluding carboxylic acids is 3. The summed E-state index contributed by atoms with van der Waals surface area (Å²) >= 11 is 0. The van der Waals surface area contributed by atoms with Crippen molar-refractivity contribution < 1.29 is 24.2 Å². The molecule has 8 atom stereocenters. The third-order valence-electron chi connectivity index (χ3n) is 12.1. The summed E-state index contributed by atoms with van der Waals surface area (Å²) in [5.41, 5.74) is -3.90. The number of hydrogen-bond acceptors (Lipinski definition) is 6. The maximum Gasteiger partial charge on any atom is 0.312 e. The Labute approximate surface area is 225 Å². The SMILES string of the molecule is C#C[C@]1(O)C(=O)C(C#N)=C[C@]2(C)C3=CC(=O)C4C5CC(C)(C)CC[C@]5(C(=O)OC)CC[C@@]4(C)[C@]3(C)CC[C@@H]12. The van der Waals surface area contributed by atoms with Crippen LogP contribution in [0.2, 0.25) is 0 Å². The third kappa shape index (κ3) is 3.02. The molecular formula is C32H39NO5. The largest absolute Gasteiger partial charge is 0.469 e. The minimum atomic E-state index is -2.10. The van der Waals surface area contributed by atoms with Crippen molar-refractivity contribution in [3.8, 4) is 18.4 Å². The van der Waals surface area contributed by atoms with Gasteiger partial charge in [-0.05, 0) is 78.8 Å². The van der Waals surface area contributed by atoms with Gasteiger partial charge in [0.15, 0.2) is 11.4 Å². The number of methoxy groups -OCH3 is 1. The minimum absolute atomic E-state index is 0.00665. The number of ether oxygens (including phenoxy) is 1. The summed E-state index contributed by atoms with van der Waals surface area (Å²) in [7, 11) is 1.45. The molecule has 0 aromatic carbocycles. The van der Waals surface area contributed by atoms with Crippen molar-refractivity contribution in [3.05, 3.63) is 23.3 Å². The van der Waals surface area contributed by atoms with Gasteiger partial charge in [-0.15, -0.1) is 6.42 Å². The van der Waals surface area contributed by atoms with Crippen molar-refractivity contribution in [3.63, 3.8) is 0 Å². The highest BCUT2D eigenvalue weighted by molar-refractivity contribution is 6.08. The van der Waals surface area contributed by atoms with Crippen LogP contribution in [-0.4, -0.2) is 35.4 Å². The van der Waals surface area contributed by atoms with Gasteiger partial charge < -0.3 is 9.84 Å². The molecule has 0 amide bonds. The second kappa shape index (κ2) is 7.92. The first-order valence-electron chi connectivity index (χ1n) is 13.8. The van der Waals surface area contributed by atoms with Gasteiger partial charge in [0, 0.05) is 17.3 Å². The summed E-state index contributed by atoms with van der Waals surface area (Å²) in [6.07, 6.45) is 14.0. The van der Waals surface area contributed by atoms with Crippen LogP contribution in [0, 0.1) is 68.5 Å². The number of carbonyl (C=O) groups is 3. The quantitative estimate of drug-likeness (QED) is 0.399. The molecule has 0 heterocycles. The molecule has 202 valence electrons. The van der Waals surface area contributed by atoms with E-state index in [2.05, 4.69) is 33.6 Å². The number of ketones is 2. The van der Waals surface area contributed by atoms with E-state index in [0.717, 1.165) is 24.8 Å². The molecule has 6 heteroatoms. The standard InChI is InChI=1S/C32H39NO5/c1-8-32(37)22-9-10-29(5)23(28(22,4)16-19(18-33)25(32)35)15-21(34)24-20-17-27(2,3)11-13-31(20,26(36)38-7)14-12-30(24,29)6/h1,15-16,20,22,24,37H,9-14,17H2,2-7H3/t20?,22-,24?,28+,29-,30-,31+,32-/m1/s1. The predicted molar refractivity (Wildman–Crippen MR) is 141 cm³/mol. The molecular weight excluding hydrogens is 478 g/mol. The van der Waals surface area contributed by atoms with Crippen LogP contribution in [-0.2, 0) is 19.1 Å². The van der Waals surface area contributed by atoms with Crippen molar-refractivity contribution in [2.24, 2.45) is 44.8 Å². The van der Waals surface area contributed by atoms with E-state index in [1.54, 1.807) is 12.2 Å². The second-order valence-corrected chi connectivity index (χ2v) is 14.1. The average Bonchev–Trinajstić information content (AvgIpc) is 2.86. The first-order valence-corrected chi connectivity index (χ1v) is 13.8. The lowest BCUT2D eigenvalue weighted by atomic mass is 9.34. The molecule has 2 unspecified atom stereocenters. The Bertz CT molecular complexity index is 1290. The van der Waals surface area contributed by atoms with Crippen molar-refractivity contribution in [1.29, 1.82) is 5.26 Å². The Kier molecular flexibility index (Phi) is 5.60. The van der Waals surface area contributed by atoms with E-state index >= 15 is 0 Å². The lowest BCUT2D eigenvalue weighted by molar-refractivity contribution is -0.191. The van der Waals surface area contributed by atoms with E-state index in [-0.39, 0.29) is 34.6 Å². The molecule has 1 N–H and O–H groups in total. The summed E-state index contributed by atoms with van der Waals surface area (Å²) in [6.45, 7) is 10.7. The van der Waals surface area contributed by atoms with Crippen molar-refractivity contribution in [2.75, 3.05) is 7.11 Å². The Hall–Kier alpha value is -2.70. The van der Waals surface area contributed by atoms with Crippen molar-refractivity contribution in [2.45, 2.75) is 85.2 Å². The van der Waals surface area contributed by atoms with Gasteiger partial charge in [-0.3, -0.25) is 14.4 Å². The summed E-state index contributed by atoms with van der Waals surface area (Å²) in [5.74, 6) is 0.269. The van der Waals surface area contributed by atoms with Gasteiger partial charge in [-0.25, -0.2) is 0 Å². The first-order chi connectivity index (χ1) is 17.6. The molecule has 0 radical (unpaired) electrons. The molecule has 0 aromatic heterocycles. The van der Waals surface area contributed by atoms with Crippen LogP contribution in [0.5, 0.6) is 0 Å². The van der Waals surface area contributed by atoms with E-state index in [9.17, 15) is 24.8 Å². The first kappa shape index (κ1) is 26.9. The maximum atomic E-state index is 14.3. The van der Waals surface area contributed by atoms with Gasteiger partial charge in [-0.1, -0.05) is 46.6 Å². The normalized spacial score (nSPS) is 47.0. The number of esters is 1. The number of rotatable bonds is 1. The molecule has 3 fully saturated rings. The van der Waals surface area contributed by atoms with Crippen LogP contribution >= 0.6 is 0 Å². The average molecular weight is 518 g/mol. The molecule has 0 spiro atoms. The topological polar surface area (TPSA) is 104 Å². The zero-order valence-corrected chi connectivity index (χ0v) is 23.4. The number of terminal acetylenes is 1. The van der Waals surface area contributed by atoms with Gasteiger partial charge in [0.1, 0.15) is 6.07 Å². The molecule has 0 aliphatic heterocycles. The lowest BCUT2D eigenvalue weighted by Crippen LogP contribution is -2.67. The number of hydrogen-bond donors (Lipinski definition) is 1. The third-order valence-corrected chi connectivity index (χ3v) is 12.1. The Morgan fingerprint density at radius 1 is 1.11 bits per heavy atom. The molecule has 38 heavy (non-hydrogen) atoms. The monoisotopic (exact) mass is 517 g/mol. The Morgan fingerprint density at radius 2 is 1.76 bits per heavy atom. The Morgan fingerprint density at radius 3 is 2.37 bits per heavy atom. The summed E-state index contributed by atoms with van der Waals surface area (Å²) in [4.78, 5) is 40.7. The van der Waals surface area contributed by atoms with Crippen LogP contribution in [0.4, 0.5) is 0 Å².